The Kier molecular flexibility index (Phi) is 4.37. The van der Waals surface area contributed by atoms with Crippen LogP contribution in [0, 0.1) is 17.5 Å². The van der Waals surface area contributed by atoms with E-state index in [1.54, 1.807) is 20.8 Å². The Morgan fingerprint density at radius 2 is 1.82 bits per heavy atom. The summed E-state index contributed by atoms with van der Waals surface area (Å²) in [5, 5.41) is 0. The van der Waals surface area contributed by atoms with Crippen LogP contribution in [-0.2, 0) is 4.74 Å². The molecule has 0 spiro atoms. The molecule has 2 aromatic rings. The Morgan fingerprint density at radius 1 is 1.18 bits per heavy atom. The van der Waals surface area contributed by atoms with Gasteiger partial charge in [-0.25, -0.2) is 18.0 Å². The maximum absolute atomic E-state index is 13.9. The molecule has 0 saturated carbocycles. The van der Waals surface area contributed by atoms with Gasteiger partial charge in [-0.05, 0) is 54.9 Å². The quantitative estimate of drug-likeness (QED) is 0.647. The lowest BCUT2D eigenvalue weighted by molar-refractivity contribution is 0.0540. The number of carbonyl (C=O) groups is 1. The second-order valence-corrected chi connectivity index (χ2v) is 6.53. The number of hydrogen-bond donors (Lipinski definition) is 0. The number of halogens is 4. The molecule has 0 N–H and O–H groups in total. The van der Waals surface area contributed by atoms with Crippen molar-refractivity contribution in [2.45, 2.75) is 26.4 Å². The van der Waals surface area contributed by atoms with E-state index < -0.39 is 29.1 Å². The van der Waals surface area contributed by atoms with E-state index in [0.29, 0.717) is 4.47 Å². The van der Waals surface area contributed by atoms with Crippen LogP contribution in [0.2, 0.25) is 0 Å². The van der Waals surface area contributed by atoms with Crippen molar-refractivity contribution >= 4 is 22.0 Å². The molecule has 22 heavy (non-hydrogen) atoms. The summed E-state index contributed by atoms with van der Waals surface area (Å²) in [6, 6.07) is 3.28. The van der Waals surface area contributed by atoms with E-state index >= 15 is 0 Å². The van der Waals surface area contributed by atoms with Crippen molar-refractivity contribution in [3.63, 3.8) is 0 Å². The second kappa shape index (κ2) is 5.79. The summed E-state index contributed by atoms with van der Waals surface area (Å²) in [6.45, 7) is 5.05. The van der Waals surface area contributed by atoms with E-state index in [9.17, 15) is 18.0 Å². The first kappa shape index (κ1) is 16.6. The van der Waals surface area contributed by atoms with Crippen molar-refractivity contribution in [2.24, 2.45) is 0 Å². The summed E-state index contributed by atoms with van der Waals surface area (Å²) in [4.78, 5) is 12.2. The molecule has 3 nitrogen and oxygen atoms in total. The zero-order valence-electron chi connectivity index (χ0n) is 12.1. The van der Waals surface area contributed by atoms with Crippen molar-refractivity contribution in [1.29, 1.82) is 0 Å². The highest BCUT2D eigenvalue weighted by atomic mass is 79.9. The summed E-state index contributed by atoms with van der Waals surface area (Å²) in [5.41, 5.74) is -0.939. The number of nitrogens with zero attached hydrogens (tertiary/aromatic N) is 1. The molecule has 118 valence electrons. The molecule has 0 aliphatic carbocycles. The van der Waals surface area contributed by atoms with Crippen molar-refractivity contribution in [2.75, 3.05) is 0 Å². The third kappa shape index (κ3) is 3.35. The average molecular weight is 376 g/mol. The van der Waals surface area contributed by atoms with E-state index in [1.165, 1.54) is 12.3 Å². The molecule has 1 heterocycles. The SMILES string of the molecule is CC(C)(C)OC(=O)n1cc(Br)cc1-c1ccc(F)c(F)c1F. The van der Waals surface area contributed by atoms with Crippen molar-refractivity contribution in [1.82, 2.24) is 4.57 Å². The predicted octanol–water partition coefficient (Wildman–Crippen LogP) is 5.12. The molecule has 1 aromatic carbocycles. The highest BCUT2D eigenvalue weighted by Crippen LogP contribution is 2.30. The van der Waals surface area contributed by atoms with Gasteiger partial charge in [0.2, 0.25) is 0 Å². The summed E-state index contributed by atoms with van der Waals surface area (Å²) in [6.07, 6.45) is 0.613. The predicted molar refractivity (Wildman–Crippen MR) is 79.1 cm³/mol. The molecule has 0 aliphatic rings. The van der Waals surface area contributed by atoms with Gasteiger partial charge in [0.25, 0.3) is 0 Å². The topological polar surface area (TPSA) is 31.2 Å². The maximum Gasteiger partial charge on any atom is 0.419 e. The van der Waals surface area contributed by atoms with Crippen LogP contribution in [0.4, 0.5) is 18.0 Å². The third-order valence-electron chi connectivity index (χ3n) is 2.69. The second-order valence-electron chi connectivity index (χ2n) is 5.62. The smallest absolute Gasteiger partial charge is 0.419 e. The molecule has 0 bridgehead atoms. The van der Waals surface area contributed by atoms with Gasteiger partial charge in [0, 0.05) is 16.2 Å². The van der Waals surface area contributed by atoms with Crippen LogP contribution in [0.5, 0.6) is 0 Å². The number of benzene rings is 1. The molecule has 0 saturated heterocycles. The molecule has 0 amide bonds. The molecule has 1 aromatic heterocycles. The van der Waals surface area contributed by atoms with Gasteiger partial charge in [-0.15, -0.1) is 0 Å². The minimum atomic E-state index is -1.59. The van der Waals surface area contributed by atoms with Crippen LogP contribution in [-0.4, -0.2) is 16.3 Å². The Bertz CT molecular complexity index is 735. The number of aromatic nitrogens is 1. The van der Waals surface area contributed by atoms with Crippen LogP contribution in [0.1, 0.15) is 20.8 Å². The van der Waals surface area contributed by atoms with Crippen LogP contribution >= 0.6 is 15.9 Å². The van der Waals surface area contributed by atoms with E-state index in [4.69, 9.17) is 4.74 Å². The Balaban J connectivity index is 2.54. The van der Waals surface area contributed by atoms with Gasteiger partial charge >= 0.3 is 6.09 Å². The van der Waals surface area contributed by atoms with Gasteiger partial charge < -0.3 is 4.74 Å². The number of ether oxygens (including phenoxy) is 1. The van der Waals surface area contributed by atoms with Crippen molar-refractivity contribution in [3.8, 4) is 11.3 Å². The fourth-order valence-electron chi connectivity index (χ4n) is 1.82. The summed E-state index contributed by atoms with van der Waals surface area (Å²) < 4.78 is 47.1. The number of rotatable bonds is 1. The van der Waals surface area contributed by atoms with Crippen LogP contribution < -0.4 is 0 Å². The van der Waals surface area contributed by atoms with Gasteiger partial charge in [0.1, 0.15) is 5.60 Å². The van der Waals surface area contributed by atoms with Gasteiger partial charge in [0.15, 0.2) is 17.5 Å². The van der Waals surface area contributed by atoms with Crippen LogP contribution in [0.3, 0.4) is 0 Å². The largest absolute Gasteiger partial charge is 0.443 e. The molecule has 0 fully saturated rings. The van der Waals surface area contributed by atoms with Crippen LogP contribution in [0.15, 0.2) is 28.9 Å². The molecular formula is C15H13BrF3NO2. The number of hydrogen-bond acceptors (Lipinski definition) is 2. The Morgan fingerprint density at radius 3 is 2.41 bits per heavy atom. The standard InChI is InChI=1S/C15H13BrF3NO2/c1-15(2,3)22-14(21)20-7-8(16)6-11(20)9-4-5-10(17)13(19)12(9)18/h4-7H,1-3H3. The molecule has 0 unspecified atom stereocenters. The molecule has 0 radical (unpaired) electrons. The molecular weight excluding hydrogens is 363 g/mol. The Labute approximate surface area is 133 Å². The minimum Gasteiger partial charge on any atom is -0.443 e. The normalized spacial score (nSPS) is 11.6. The molecule has 2 rings (SSSR count). The lowest BCUT2D eigenvalue weighted by atomic mass is 10.1. The van der Waals surface area contributed by atoms with Gasteiger partial charge in [0.05, 0.1) is 5.69 Å². The highest BCUT2D eigenvalue weighted by molar-refractivity contribution is 9.10. The summed E-state index contributed by atoms with van der Waals surface area (Å²) >= 11 is 3.17. The van der Waals surface area contributed by atoms with Crippen molar-refractivity contribution in [3.05, 3.63) is 46.3 Å². The molecule has 0 atom stereocenters. The summed E-state index contributed by atoms with van der Waals surface area (Å²) in [7, 11) is 0. The maximum atomic E-state index is 13.9. The van der Waals surface area contributed by atoms with Crippen LogP contribution in [0.25, 0.3) is 11.3 Å². The van der Waals surface area contributed by atoms with E-state index in [1.807, 2.05) is 0 Å². The average Bonchev–Trinajstić information content (AvgIpc) is 2.76. The van der Waals surface area contributed by atoms with Gasteiger partial charge in [-0.1, -0.05) is 0 Å². The zero-order valence-corrected chi connectivity index (χ0v) is 13.7. The molecule has 0 aliphatic heterocycles. The minimum absolute atomic E-state index is 0.0533. The lowest BCUT2D eigenvalue weighted by Crippen LogP contribution is -2.27. The lowest BCUT2D eigenvalue weighted by Gasteiger charge is -2.20. The molecule has 7 heteroatoms. The van der Waals surface area contributed by atoms with E-state index in [-0.39, 0.29) is 11.3 Å². The zero-order chi connectivity index (χ0) is 16.7. The van der Waals surface area contributed by atoms with E-state index in [0.717, 1.165) is 16.7 Å². The van der Waals surface area contributed by atoms with Gasteiger partial charge in [-0.3, -0.25) is 4.57 Å². The first-order valence-electron chi connectivity index (χ1n) is 6.35. The first-order chi connectivity index (χ1) is 10.1. The fourth-order valence-corrected chi connectivity index (χ4v) is 2.25. The fraction of sp³-hybridized carbons (Fsp3) is 0.267. The monoisotopic (exact) mass is 375 g/mol. The number of carbonyl (C=O) groups excluding carboxylic acids is 1. The summed E-state index contributed by atoms with van der Waals surface area (Å²) in [5.74, 6) is -4.25. The Hall–Kier alpha value is -1.76. The van der Waals surface area contributed by atoms with Crippen molar-refractivity contribution < 1.29 is 22.7 Å². The highest BCUT2D eigenvalue weighted by Gasteiger charge is 2.23. The first-order valence-corrected chi connectivity index (χ1v) is 7.14. The van der Waals surface area contributed by atoms with Gasteiger partial charge in [-0.2, -0.15) is 0 Å². The van der Waals surface area contributed by atoms with E-state index in [2.05, 4.69) is 15.9 Å². The third-order valence-corrected chi connectivity index (χ3v) is 3.12.